The fraction of sp³-hybridized carbons (Fsp3) is 0.737. The first kappa shape index (κ1) is 59.9. The fourth-order valence-corrected chi connectivity index (χ4v) is 7.17. The zero-order chi connectivity index (χ0) is 45.8. The Labute approximate surface area is 389 Å². The van der Waals surface area contributed by atoms with Gasteiger partial charge in [-0.25, -0.2) is 0 Å². The van der Waals surface area contributed by atoms with Crippen molar-refractivity contribution in [3.63, 3.8) is 0 Å². The largest absolute Gasteiger partial charge is 0.462 e. The van der Waals surface area contributed by atoms with Gasteiger partial charge in [-0.3, -0.25) is 14.4 Å². The average molecular weight is 879 g/mol. The van der Waals surface area contributed by atoms with Crippen LogP contribution in [0.2, 0.25) is 0 Å². The number of ether oxygens (including phenoxy) is 3. The van der Waals surface area contributed by atoms with Gasteiger partial charge in [-0.2, -0.15) is 0 Å². The number of carbonyl (C=O) groups excluding carboxylic acids is 3. The molecule has 0 N–H and O–H groups in total. The van der Waals surface area contributed by atoms with E-state index in [1.807, 2.05) is 0 Å². The zero-order valence-corrected chi connectivity index (χ0v) is 41.3. The third kappa shape index (κ3) is 49.7. The van der Waals surface area contributed by atoms with Gasteiger partial charge in [0.1, 0.15) is 13.2 Å². The van der Waals surface area contributed by atoms with E-state index in [2.05, 4.69) is 93.7 Å². The summed E-state index contributed by atoms with van der Waals surface area (Å²) in [5.41, 5.74) is 0. The van der Waals surface area contributed by atoms with Crippen molar-refractivity contribution in [2.45, 2.75) is 258 Å². The molecule has 6 nitrogen and oxygen atoms in total. The Kier molecular flexibility index (Phi) is 48.9. The molecule has 0 aliphatic heterocycles. The summed E-state index contributed by atoms with van der Waals surface area (Å²) >= 11 is 0. The Morgan fingerprint density at radius 2 is 0.587 bits per heavy atom. The Hall–Kier alpha value is -3.15. The molecule has 0 unspecified atom stereocenters. The van der Waals surface area contributed by atoms with Gasteiger partial charge in [-0.15, -0.1) is 0 Å². The molecule has 1 atom stereocenters. The minimum atomic E-state index is -0.802. The molecule has 0 aromatic carbocycles. The quantitative estimate of drug-likeness (QED) is 0.0262. The molecule has 0 fully saturated rings. The van der Waals surface area contributed by atoms with Crippen LogP contribution in [0.4, 0.5) is 0 Å². The molecular formula is C57H98O6. The highest BCUT2D eigenvalue weighted by atomic mass is 16.6. The van der Waals surface area contributed by atoms with Crippen LogP contribution in [0, 0.1) is 0 Å². The van der Waals surface area contributed by atoms with Gasteiger partial charge in [0, 0.05) is 19.3 Å². The zero-order valence-electron chi connectivity index (χ0n) is 41.3. The summed E-state index contributed by atoms with van der Waals surface area (Å²) in [4.78, 5) is 38.0. The summed E-state index contributed by atoms with van der Waals surface area (Å²) in [5.74, 6) is -0.966. The number of carbonyl (C=O) groups is 3. The molecule has 0 radical (unpaired) electrons. The molecular weight excluding hydrogens is 781 g/mol. The van der Waals surface area contributed by atoms with Crippen molar-refractivity contribution in [2.75, 3.05) is 13.2 Å². The van der Waals surface area contributed by atoms with Crippen LogP contribution in [0.5, 0.6) is 0 Å². The SMILES string of the molecule is CCCCC/C=C\C/C=C\C/C=C\C/C=C\CCCC(=O)OC[C@@H](COC(=O)CCCCCCCCCCCCCCC)OC(=O)CCCCCCC/C=C\C/C=C\CCCCC. The lowest BCUT2D eigenvalue weighted by atomic mass is 10.0. The maximum Gasteiger partial charge on any atom is 0.306 e. The van der Waals surface area contributed by atoms with Crippen LogP contribution in [0.1, 0.15) is 252 Å². The van der Waals surface area contributed by atoms with E-state index >= 15 is 0 Å². The van der Waals surface area contributed by atoms with E-state index in [9.17, 15) is 14.4 Å². The number of allylic oxidation sites excluding steroid dienone is 12. The highest BCUT2D eigenvalue weighted by Gasteiger charge is 2.19. The van der Waals surface area contributed by atoms with E-state index in [0.717, 1.165) is 89.9 Å². The van der Waals surface area contributed by atoms with Crippen molar-refractivity contribution in [3.05, 3.63) is 72.9 Å². The first-order chi connectivity index (χ1) is 31.0. The second-order valence-electron chi connectivity index (χ2n) is 17.4. The van der Waals surface area contributed by atoms with Crippen LogP contribution in [-0.4, -0.2) is 37.2 Å². The van der Waals surface area contributed by atoms with E-state index in [0.29, 0.717) is 19.3 Å². The molecule has 6 heteroatoms. The number of rotatable bonds is 47. The van der Waals surface area contributed by atoms with Crippen LogP contribution >= 0.6 is 0 Å². The maximum atomic E-state index is 12.8. The van der Waals surface area contributed by atoms with Crippen LogP contribution in [-0.2, 0) is 28.6 Å². The lowest BCUT2D eigenvalue weighted by Gasteiger charge is -2.18. The monoisotopic (exact) mass is 879 g/mol. The lowest BCUT2D eigenvalue weighted by molar-refractivity contribution is -0.167. The van der Waals surface area contributed by atoms with Crippen LogP contribution in [0.25, 0.3) is 0 Å². The smallest absolute Gasteiger partial charge is 0.306 e. The topological polar surface area (TPSA) is 78.9 Å². The van der Waals surface area contributed by atoms with Gasteiger partial charge >= 0.3 is 17.9 Å². The predicted molar refractivity (Wildman–Crippen MR) is 270 cm³/mol. The Bertz CT molecular complexity index is 1190. The van der Waals surface area contributed by atoms with Crippen molar-refractivity contribution in [2.24, 2.45) is 0 Å². The highest BCUT2D eigenvalue weighted by molar-refractivity contribution is 5.71. The second kappa shape index (κ2) is 51.5. The summed E-state index contributed by atoms with van der Waals surface area (Å²) in [6, 6.07) is 0. The van der Waals surface area contributed by atoms with E-state index in [4.69, 9.17) is 14.2 Å². The van der Waals surface area contributed by atoms with Crippen LogP contribution in [0.3, 0.4) is 0 Å². The first-order valence-electron chi connectivity index (χ1n) is 26.4. The molecule has 0 aromatic heterocycles. The molecule has 362 valence electrons. The molecule has 0 rings (SSSR count). The molecule has 0 saturated heterocycles. The summed E-state index contributed by atoms with van der Waals surface area (Å²) in [6.45, 7) is 6.53. The maximum absolute atomic E-state index is 12.8. The summed E-state index contributed by atoms with van der Waals surface area (Å²) in [6.07, 6.45) is 64.5. The normalized spacial score (nSPS) is 12.6. The Morgan fingerprint density at radius 1 is 0.317 bits per heavy atom. The van der Waals surface area contributed by atoms with Crippen molar-refractivity contribution in [1.29, 1.82) is 0 Å². The molecule has 0 aliphatic rings. The fourth-order valence-electron chi connectivity index (χ4n) is 7.17. The van der Waals surface area contributed by atoms with Crippen LogP contribution < -0.4 is 0 Å². The van der Waals surface area contributed by atoms with Crippen LogP contribution in [0.15, 0.2) is 72.9 Å². The number of hydrogen-bond acceptors (Lipinski definition) is 6. The lowest BCUT2D eigenvalue weighted by Crippen LogP contribution is -2.30. The predicted octanol–water partition coefficient (Wildman–Crippen LogP) is 17.4. The second-order valence-corrected chi connectivity index (χ2v) is 17.4. The van der Waals surface area contributed by atoms with E-state index in [1.54, 1.807) is 0 Å². The third-order valence-electron chi connectivity index (χ3n) is 11.2. The standard InChI is InChI=1S/C57H98O6/c1-4-7-10-13-16-19-22-25-27-28-30-32-35-38-41-44-47-50-56(59)62-53-54(52-61-55(58)49-46-43-40-37-34-31-24-21-18-15-12-9-6-3)63-57(60)51-48-45-42-39-36-33-29-26-23-20-17-14-11-8-5-2/h16-17,19-20,25-27,29-30,32,38,41,54H,4-15,18,21-24,28,31,33-37,39-40,42-53H2,1-3H3/b19-16-,20-17-,27-25-,29-26-,32-30-,41-38-/t54-/m1/s1. The molecule has 0 saturated carbocycles. The van der Waals surface area contributed by atoms with E-state index < -0.39 is 6.10 Å². The van der Waals surface area contributed by atoms with Gasteiger partial charge in [-0.1, -0.05) is 216 Å². The van der Waals surface area contributed by atoms with Crippen molar-refractivity contribution >= 4 is 17.9 Å². The minimum Gasteiger partial charge on any atom is -0.462 e. The van der Waals surface area contributed by atoms with Gasteiger partial charge in [0.2, 0.25) is 0 Å². The Morgan fingerprint density at radius 3 is 0.984 bits per heavy atom. The Balaban J connectivity index is 4.49. The number of esters is 3. The average Bonchev–Trinajstić information content (AvgIpc) is 3.28. The molecule has 0 amide bonds. The van der Waals surface area contributed by atoms with E-state index in [-0.39, 0.29) is 37.5 Å². The van der Waals surface area contributed by atoms with Gasteiger partial charge in [0.15, 0.2) is 6.10 Å². The molecule has 0 aromatic rings. The van der Waals surface area contributed by atoms with E-state index in [1.165, 1.54) is 116 Å². The summed E-state index contributed by atoms with van der Waals surface area (Å²) in [5, 5.41) is 0. The summed E-state index contributed by atoms with van der Waals surface area (Å²) < 4.78 is 16.8. The van der Waals surface area contributed by atoms with Crippen molar-refractivity contribution in [1.82, 2.24) is 0 Å². The van der Waals surface area contributed by atoms with Gasteiger partial charge in [-0.05, 0) is 89.9 Å². The van der Waals surface area contributed by atoms with Crippen molar-refractivity contribution in [3.8, 4) is 0 Å². The van der Waals surface area contributed by atoms with Gasteiger partial charge in [0.25, 0.3) is 0 Å². The number of unbranched alkanes of at least 4 members (excludes halogenated alkanes) is 24. The molecule has 0 bridgehead atoms. The third-order valence-corrected chi connectivity index (χ3v) is 11.2. The minimum absolute atomic E-state index is 0.0965. The highest BCUT2D eigenvalue weighted by Crippen LogP contribution is 2.14. The first-order valence-corrected chi connectivity index (χ1v) is 26.4. The van der Waals surface area contributed by atoms with Gasteiger partial charge < -0.3 is 14.2 Å². The van der Waals surface area contributed by atoms with Gasteiger partial charge in [0.05, 0.1) is 0 Å². The van der Waals surface area contributed by atoms with Crippen molar-refractivity contribution < 1.29 is 28.6 Å². The molecule has 0 spiro atoms. The molecule has 0 heterocycles. The number of hydrogen-bond donors (Lipinski definition) is 0. The molecule has 0 aliphatic carbocycles. The summed E-state index contributed by atoms with van der Waals surface area (Å²) in [7, 11) is 0. The molecule has 63 heavy (non-hydrogen) atoms.